The molecular weight excluding hydrogens is 646 g/mol. The molecule has 0 N–H and O–H groups in total. The average molecular weight is 674 g/mol. The topological polar surface area (TPSA) is 88.6 Å². The highest BCUT2D eigenvalue weighted by molar-refractivity contribution is 7.92. The first kappa shape index (κ1) is 32.6. The highest BCUT2D eigenvalue weighted by atomic mass is 32.2. The maximum Gasteiger partial charge on any atom is 0.435 e. The number of rotatable bonds is 4. The third-order valence-electron chi connectivity index (χ3n) is 9.14. The molecule has 1 amide bonds. The van der Waals surface area contributed by atoms with Crippen molar-refractivity contribution in [3.63, 3.8) is 0 Å². The largest absolute Gasteiger partial charge is 0.435 e. The van der Waals surface area contributed by atoms with Crippen LogP contribution >= 0.6 is 0 Å². The first-order valence-corrected chi connectivity index (χ1v) is 17.0. The second-order valence-electron chi connectivity index (χ2n) is 11.7. The molecule has 2 heterocycles. The summed E-state index contributed by atoms with van der Waals surface area (Å²) in [4.78, 5) is 14.8. The molecule has 0 saturated carbocycles. The fraction of sp³-hybridized carbons (Fsp3) is 0.536. The molecule has 44 heavy (non-hydrogen) atoms. The number of alkyl halides is 7. The van der Waals surface area contributed by atoms with E-state index in [0.717, 1.165) is 30.3 Å². The molecule has 242 valence electrons. The Kier molecular flexibility index (Phi) is 7.71. The van der Waals surface area contributed by atoms with Crippen LogP contribution in [0.15, 0.2) is 47.4 Å². The van der Waals surface area contributed by atoms with E-state index in [1.807, 2.05) is 0 Å². The lowest BCUT2D eigenvalue weighted by Gasteiger charge is -2.44. The first-order chi connectivity index (χ1) is 20.2. The Morgan fingerprint density at radius 1 is 0.909 bits per heavy atom. The van der Waals surface area contributed by atoms with Crippen molar-refractivity contribution in [2.24, 2.45) is 5.92 Å². The zero-order chi connectivity index (χ0) is 32.7. The standard InChI is InChI=1S/C28H27F8NO5S2/c1-16-15-25(44(41,42)21-6-4-20(29)5-7-21)22-8-3-19(26(30,27(31,32)33)28(34,35)36)14-18(22)2-9-23(25)37(16)24(38)17-10-12-43(39,40)13-11-17/h3-8,14,16-17,23H,2,9-13,15H2,1H3/t16-,23?,25?/m1/s1. The van der Waals surface area contributed by atoms with Gasteiger partial charge in [-0.2, -0.15) is 26.3 Å². The van der Waals surface area contributed by atoms with Crippen LogP contribution in [0.1, 0.15) is 49.3 Å². The number of fused-ring (bicyclic) bond motifs is 3. The smallest absolute Gasteiger partial charge is 0.335 e. The summed E-state index contributed by atoms with van der Waals surface area (Å²) in [6.07, 6.45) is -13.6. The molecule has 5 rings (SSSR count). The minimum atomic E-state index is -6.38. The predicted octanol–water partition coefficient (Wildman–Crippen LogP) is 5.54. The summed E-state index contributed by atoms with van der Waals surface area (Å²) < 4.78 is 161. The lowest BCUT2D eigenvalue weighted by atomic mass is 9.76. The number of amides is 1. The molecule has 0 bridgehead atoms. The summed E-state index contributed by atoms with van der Waals surface area (Å²) >= 11 is 0. The quantitative estimate of drug-likeness (QED) is 0.314. The van der Waals surface area contributed by atoms with Crippen LogP contribution in [-0.4, -0.2) is 63.6 Å². The van der Waals surface area contributed by atoms with Crippen molar-refractivity contribution in [2.75, 3.05) is 11.5 Å². The van der Waals surface area contributed by atoms with Crippen molar-refractivity contribution >= 4 is 25.6 Å². The number of halogens is 8. The highest BCUT2D eigenvalue weighted by Gasteiger charge is 2.74. The Hall–Kier alpha value is -2.75. The minimum Gasteiger partial charge on any atom is -0.335 e. The van der Waals surface area contributed by atoms with Crippen molar-refractivity contribution in [3.8, 4) is 0 Å². The van der Waals surface area contributed by atoms with Gasteiger partial charge in [0, 0.05) is 17.5 Å². The van der Waals surface area contributed by atoms with Gasteiger partial charge in [-0.3, -0.25) is 4.79 Å². The first-order valence-electron chi connectivity index (χ1n) is 13.7. The molecule has 0 radical (unpaired) electrons. The van der Waals surface area contributed by atoms with E-state index in [-0.39, 0.29) is 60.8 Å². The summed E-state index contributed by atoms with van der Waals surface area (Å²) in [5, 5.41) is 0. The maximum absolute atomic E-state index is 15.0. The fourth-order valence-electron chi connectivity index (χ4n) is 7.05. The highest BCUT2D eigenvalue weighted by Crippen LogP contribution is 2.58. The molecule has 2 unspecified atom stereocenters. The van der Waals surface area contributed by atoms with Gasteiger partial charge in [0.25, 0.3) is 0 Å². The van der Waals surface area contributed by atoms with E-state index in [2.05, 4.69) is 0 Å². The van der Waals surface area contributed by atoms with Crippen LogP contribution in [0.2, 0.25) is 0 Å². The van der Waals surface area contributed by atoms with Crippen LogP contribution in [0.3, 0.4) is 0 Å². The van der Waals surface area contributed by atoms with Gasteiger partial charge in [0.15, 0.2) is 9.84 Å². The van der Waals surface area contributed by atoms with Gasteiger partial charge in [-0.05, 0) is 74.4 Å². The van der Waals surface area contributed by atoms with Crippen molar-refractivity contribution in [1.29, 1.82) is 0 Å². The monoisotopic (exact) mass is 673 g/mol. The van der Waals surface area contributed by atoms with Gasteiger partial charge >= 0.3 is 18.0 Å². The third kappa shape index (κ3) is 4.81. The summed E-state index contributed by atoms with van der Waals surface area (Å²) in [5.74, 6) is -2.52. The molecule has 3 aliphatic rings. The summed E-state index contributed by atoms with van der Waals surface area (Å²) in [6, 6.07) is 3.13. The van der Waals surface area contributed by atoms with Gasteiger partial charge in [-0.15, -0.1) is 0 Å². The van der Waals surface area contributed by atoms with Crippen LogP contribution in [0.5, 0.6) is 0 Å². The molecule has 3 atom stereocenters. The minimum absolute atomic E-state index is 0.00222. The Labute approximate surface area is 248 Å². The molecule has 2 aliphatic heterocycles. The number of hydrogen-bond donors (Lipinski definition) is 0. The number of carbonyl (C=O) groups excluding carboxylic acids is 1. The molecule has 0 aromatic heterocycles. The number of benzene rings is 2. The van der Waals surface area contributed by atoms with E-state index in [4.69, 9.17) is 0 Å². The Bertz CT molecular complexity index is 1660. The van der Waals surface area contributed by atoms with E-state index in [9.17, 15) is 56.8 Å². The van der Waals surface area contributed by atoms with Gasteiger partial charge in [0.05, 0.1) is 22.4 Å². The van der Waals surface area contributed by atoms with Gasteiger partial charge in [-0.1, -0.05) is 18.2 Å². The van der Waals surface area contributed by atoms with Crippen molar-refractivity contribution in [2.45, 2.75) is 78.8 Å². The summed E-state index contributed by atoms with van der Waals surface area (Å²) in [6.45, 7) is 1.55. The second kappa shape index (κ2) is 10.4. The predicted molar refractivity (Wildman–Crippen MR) is 141 cm³/mol. The molecule has 16 heteroatoms. The average Bonchev–Trinajstić information content (AvgIpc) is 3.24. The molecular formula is C28H27F8NO5S2. The molecule has 2 saturated heterocycles. The normalized spacial score (nSPS) is 26.2. The van der Waals surface area contributed by atoms with E-state index in [0.29, 0.717) is 6.07 Å². The number of carbonyl (C=O) groups is 1. The zero-order valence-corrected chi connectivity index (χ0v) is 24.7. The number of nitrogens with zero attached hydrogens (tertiary/aromatic N) is 1. The van der Waals surface area contributed by atoms with Crippen LogP contribution in [-0.2, 0) is 41.3 Å². The second-order valence-corrected chi connectivity index (χ2v) is 16.2. The van der Waals surface area contributed by atoms with Crippen LogP contribution in [0, 0.1) is 11.7 Å². The van der Waals surface area contributed by atoms with E-state index in [1.54, 1.807) is 6.92 Å². The number of likely N-dealkylation sites (tertiary alicyclic amines) is 1. The third-order valence-corrected chi connectivity index (χ3v) is 13.4. The Morgan fingerprint density at radius 2 is 1.48 bits per heavy atom. The van der Waals surface area contributed by atoms with Crippen molar-refractivity contribution in [1.82, 2.24) is 4.90 Å². The molecule has 2 fully saturated rings. The van der Waals surface area contributed by atoms with E-state index >= 15 is 0 Å². The van der Waals surface area contributed by atoms with Crippen LogP contribution in [0.4, 0.5) is 35.1 Å². The molecule has 0 spiro atoms. The van der Waals surface area contributed by atoms with Gasteiger partial charge < -0.3 is 4.90 Å². The van der Waals surface area contributed by atoms with Gasteiger partial charge in [0.1, 0.15) is 20.4 Å². The molecule has 2 aromatic carbocycles. The molecule has 1 aliphatic carbocycles. The number of sulfone groups is 2. The van der Waals surface area contributed by atoms with Crippen molar-refractivity contribution in [3.05, 3.63) is 65.0 Å². The lowest BCUT2D eigenvalue weighted by molar-refractivity contribution is -0.348. The van der Waals surface area contributed by atoms with E-state index in [1.165, 1.54) is 4.90 Å². The summed E-state index contributed by atoms with van der Waals surface area (Å²) in [7, 11) is -7.99. The SMILES string of the molecule is C[C@@H]1CC2(S(=O)(=O)c3ccc(F)cc3)c3ccc(C(F)(C(F)(F)F)C(F)(F)F)cc3CCC2N1C(=O)C1CCS(=O)(=O)CC1. The maximum atomic E-state index is 15.0. The Balaban J connectivity index is 1.69. The van der Waals surface area contributed by atoms with Crippen molar-refractivity contribution < 1.29 is 56.8 Å². The van der Waals surface area contributed by atoms with Gasteiger partial charge in [-0.25, -0.2) is 25.6 Å². The molecule has 2 aromatic rings. The number of hydrogen-bond acceptors (Lipinski definition) is 5. The Morgan fingerprint density at radius 3 is 2.02 bits per heavy atom. The molecule has 6 nitrogen and oxygen atoms in total. The summed E-state index contributed by atoms with van der Waals surface area (Å²) in [5.41, 5.74) is -7.93. The van der Waals surface area contributed by atoms with Gasteiger partial charge in [0.2, 0.25) is 5.91 Å². The van der Waals surface area contributed by atoms with Crippen LogP contribution < -0.4 is 0 Å². The van der Waals surface area contributed by atoms with Crippen LogP contribution in [0.25, 0.3) is 0 Å². The fourth-order valence-corrected chi connectivity index (χ4v) is 11.0. The zero-order valence-electron chi connectivity index (χ0n) is 23.1. The lowest BCUT2D eigenvalue weighted by Crippen LogP contribution is -2.54. The number of aryl methyl sites for hydroxylation is 1. The van der Waals surface area contributed by atoms with E-state index < -0.39 is 82.6 Å².